The van der Waals surface area contributed by atoms with Crippen LogP contribution in [-0.4, -0.2) is 16.2 Å². The molecule has 0 bridgehead atoms. The Labute approximate surface area is 114 Å². The van der Waals surface area contributed by atoms with E-state index >= 15 is 0 Å². The van der Waals surface area contributed by atoms with Crippen molar-refractivity contribution < 1.29 is 4.52 Å². The fourth-order valence-corrected chi connectivity index (χ4v) is 2.17. The summed E-state index contributed by atoms with van der Waals surface area (Å²) in [5.74, 6) is 1.42. The average molecular weight is 259 g/mol. The molecule has 4 nitrogen and oxygen atoms in total. The molecule has 0 radical (unpaired) electrons. The van der Waals surface area contributed by atoms with Crippen LogP contribution < -0.4 is 5.73 Å². The quantitative estimate of drug-likeness (QED) is 0.896. The first-order chi connectivity index (χ1) is 9.02. The Balaban J connectivity index is 2.03. The Kier molecular flexibility index (Phi) is 4.32. The molecular weight excluding hydrogens is 238 g/mol. The fourth-order valence-electron chi connectivity index (χ4n) is 2.17. The summed E-state index contributed by atoms with van der Waals surface area (Å²) in [4.78, 5) is 4.40. The molecule has 2 rings (SSSR count). The van der Waals surface area contributed by atoms with Gasteiger partial charge in [-0.2, -0.15) is 4.98 Å². The molecule has 1 atom stereocenters. The molecule has 1 heterocycles. The molecule has 19 heavy (non-hydrogen) atoms. The number of nitrogens with two attached hydrogens (primary N) is 1. The molecule has 0 saturated heterocycles. The number of hydrogen-bond donors (Lipinski definition) is 1. The van der Waals surface area contributed by atoms with E-state index in [1.54, 1.807) is 0 Å². The van der Waals surface area contributed by atoms with E-state index in [1.807, 2.05) is 6.92 Å². The zero-order chi connectivity index (χ0) is 13.8. The van der Waals surface area contributed by atoms with Crippen LogP contribution in [0.4, 0.5) is 0 Å². The van der Waals surface area contributed by atoms with Gasteiger partial charge < -0.3 is 10.3 Å². The van der Waals surface area contributed by atoms with Crippen LogP contribution in [0, 0.1) is 13.8 Å². The monoisotopic (exact) mass is 259 g/mol. The predicted molar refractivity (Wildman–Crippen MR) is 75.0 cm³/mol. The molecule has 0 aliphatic carbocycles. The van der Waals surface area contributed by atoms with Crippen LogP contribution in [-0.2, 0) is 12.8 Å². The Morgan fingerprint density at radius 1 is 1.21 bits per heavy atom. The lowest BCUT2D eigenvalue weighted by Crippen LogP contribution is -2.15. The molecule has 4 heteroatoms. The van der Waals surface area contributed by atoms with E-state index in [9.17, 15) is 0 Å². The highest BCUT2D eigenvalue weighted by Crippen LogP contribution is 2.13. The van der Waals surface area contributed by atoms with Gasteiger partial charge in [-0.05, 0) is 32.8 Å². The van der Waals surface area contributed by atoms with E-state index in [2.05, 4.69) is 42.2 Å². The molecule has 0 spiro atoms. The van der Waals surface area contributed by atoms with Gasteiger partial charge in [-0.1, -0.05) is 34.5 Å². The molecule has 0 saturated carbocycles. The number of benzene rings is 1. The van der Waals surface area contributed by atoms with Crippen molar-refractivity contribution in [3.8, 4) is 0 Å². The summed E-state index contributed by atoms with van der Waals surface area (Å²) in [5.41, 5.74) is 9.45. The summed E-state index contributed by atoms with van der Waals surface area (Å²) in [5, 5.41) is 4.02. The second kappa shape index (κ2) is 5.97. The maximum absolute atomic E-state index is 5.71. The Morgan fingerprint density at radius 2 is 1.89 bits per heavy atom. The van der Waals surface area contributed by atoms with E-state index in [4.69, 9.17) is 10.3 Å². The molecule has 1 aromatic heterocycles. The molecule has 2 N–H and O–H groups in total. The van der Waals surface area contributed by atoms with E-state index in [1.165, 1.54) is 16.7 Å². The van der Waals surface area contributed by atoms with Crippen molar-refractivity contribution in [1.82, 2.24) is 10.1 Å². The first-order valence-electron chi connectivity index (χ1n) is 6.67. The summed E-state index contributed by atoms with van der Waals surface area (Å²) in [6, 6.07) is 6.64. The lowest BCUT2D eigenvalue weighted by molar-refractivity contribution is 0.368. The van der Waals surface area contributed by atoms with Crippen molar-refractivity contribution in [3.63, 3.8) is 0 Å². The van der Waals surface area contributed by atoms with E-state index in [0.717, 1.165) is 18.7 Å². The smallest absolute Gasteiger partial charge is 0.226 e. The van der Waals surface area contributed by atoms with Gasteiger partial charge in [0.05, 0.1) is 0 Å². The molecule has 1 aromatic carbocycles. The van der Waals surface area contributed by atoms with Crippen LogP contribution in [0.15, 0.2) is 22.7 Å². The summed E-state index contributed by atoms with van der Waals surface area (Å²) < 4.78 is 5.23. The van der Waals surface area contributed by atoms with Gasteiger partial charge in [0.25, 0.3) is 0 Å². The molecular formula is C15H21N3O. The van der Waals surface area contributed by atoms with Crippen LogP contribution in [0.3, 0.4) is 0 Å². The highest BCUT2D eigenvalue weighted by atomic mass is 16.5. The van der Waals surface area contributed by atoms with Gasteiger partial charge in [-0.3, -0.25) is 0 Å². The van der Waals surface area contributed by atoms with E-state index < -0.39 is 0 Å². The molecule has 102 valence electrons. The molecule has 0 aliphatic heterocycles. The van der Waals surface area contributed by atoms with Gasteiger partial charge in [-0.25, -0.2) is 0 Å². The molecule has 0 fully saturated rings. The maximum Gasteiger partial charge on any atom is 0.226 e. The summed E-state index contributed by atoms with van der Waals surface area (Å²) in [6.45, 7) is 6.17. The van der Waals surface area contributed by atoms with Crippen molar-refractivity contribution in [3.05, 3.63) is 46.6 Å². The van der Waals surface area contributed by atoms with Crippen LogP contribution in [0.25, 0.3) is 0 Å². The number of aryl methyl sites for hydroxylation is 3. The summed E-state index contributed by atoms with van der Waals surface area (Å²) in [6.07, 6.45) is 2.33. The number of hydrogen-bond acceptors (Lipinski definition) is 4. The molecule has 0 aliphatic rings. The third kappa shape index (κ3) is 4.17. The Morgan fingerprint density at radius 3 is 2.53 bits per heavy atom. The number of aromatic nitrogens is 2. The van der Waals surface area contributed by atoms with Crippen LogP contribution in [0.1, 0.15) is 41.8 Å². The van der Waals surface area contributed by atoms with Gasteiger partial charge in [0, 0.05) is 18.9 Å². The number of rotatable bonds is 5. The van der Waals surface area contributed by atoms with Gasteiger partial charge in [-0.15, -0.1) is 0 Å². The van der Waals surface area contributed by atoms with Gasteiger partial charge in [0.15, 0.2) is 5.82 Å². The minimum absolute atomic E-state index is 0.162. The van der Waals surface area contributed by atoms with Crippen LogP contribution in [0.5, 0.6) is 0 Å². The maximum atomic E-state index is 5.71. The summed E-state index contributed by atoms with van der Waals surface area (Å²) >= 11 is 0. The second-order valence-electron chi connectivity index (χ2n) is 5.29. The van der Waals surface area contributed by atoms with Crippen molar-refractivity contribution >= 4 is 0 Å². The topological polar surface area (TPSA) is 64.9 Å². The Hall–Kier alpha value is -1.68. The average Bonchev–Trinajstić information content (AvgIpc) is 2.72. The summed E-state index contributed by atoms with van der Waals surface area (Å²) in [7, 11) is 0. The van der Waals surface area contributed by atoms with Gasteiger partial charge in [0.2, 0.25) is 5.89 Å². The largest absolute Gasteiger partial charge is 0.339 e. The lowest BCUT2D eigenvalue weighted by atomic mass is 10.1. The first kappa shape index (κ1) is 13.7. The third-order valence-corrected chi connectivity index (χ3v) is 2.97. The van der Waals surface area contributed by atoms with Crippen molar-refractivity contribution in [2.75, 3.05) is 0 Å². The van der Waals surface area contributed by atoms with Crippen molar-refractivity contribution in [2.24, 2.45) is 5.73 Å². The van der Waals surface area contributed by atoms with Crippen molar-refractivity contribution in [1.29, 1.82) is 0 Å². The molecule has 2 aromatic rings. The van der Waals surface area contributed by atoms with Gasteiger partial charge >= 0.3 is 0 Å². The first-order valence-corrected chi connectivity index (χ1v) is 6.67. The minimum atomic E-state index is 0.162. The highest BCUT2D eigenvalue weighted by Gasteiger charge is 2.08. The van der Waals surface area contributed by atoms with Crippen LogP contribution in [0.2, 0.25) is 0 Å². The molecule has 1 unspecified atom stereocenters. The van der Waals surface area contributed by atoms with Crippen molar-refractivity contribution in [2.45, 2.75) is 46.1 Å². The van der Waals surface area contributed by atoms with Crippen LogP contribution >= 0.6 is 0 Å². The van der Waals surface area contributed by atoms with E-state index in [0.29, 0.717) is 12.3 Å². The highest BCUT2D eigenvalue weighted by molar-refractivity contribution is 5.30. The Bertz CT molecular complexity index is 526. The van der Waals surface area contributed by atoms with E-state index in [-0.39, 0.29) is 6.04 Å². The number of nitrogens with zero attached hydrogens (tertiary/aromatic N) is 2. The predicted octanol–water partition coefficient (Wildman–Crippen LogP) is 2.56. The molecule has 0 amide bonds. The minimum Gasteiger partial charge on any atom is -0.339 e. The second-order valence-corrected chi connectivity index (χ2v) is 5.29. The third-order valence-electron chi connectivity index (χ3n) is 2.97. The standard InChI is InChI=1S/C15H21N3O/c1-10-6-11(2)8-13(7-10)9-14-17-15(19-18-14)5-4-12(3)16/h6-8,12H,4-5,9,16H2,1-3H3. The fraction of sp³-hybridized carbons (Fsp3) is 0.467. The zero-order valence-corrected chi connectivity index (χ0v) is 11.8. The normalized spacial score (nSPS) is 12.6. The zero-order valence-electron chi connectivity index (χ0n) is 11.8. The SMILES string of the molecule is Cc1cc(C)cc(Cc2noc(CCC(C)N)n2)c1. The lowest BCUT2D eigenvalue weighted by Gasteiger charge is -2.02. The van der Waals surface area contributed by atoms with Gasteiger partial charge in [0.1, 0.15) is 0 Å².